The van der Waals surface area contributed by atoms with E-state index in [1.807, 2.05) is 0 Å². The van der Waals surface area contributed by atoms with E-state index in [9.17, 15) is 28.1 Å². The summed E-state index contributed by atoms with van der Waals surface area (Å²) in [5.74, 6) is -1.60. The lowest BCUT2D eigenvalue weighted by Gasteiger charge is -2.11. The Balaban J connectivity index is 1.85. The summed E-state index contributed by atoms with van der Waals surface area (Å²) in [4.78, 5) is 33.4. The van der Waals surface area contributed by atoms with Gasteiger partial charge in [-0.3, -0.25) is 14.9 Å². The lowest BCUT2D eigenvalue weighted by Crippen LogP contribution is -2.38. The summed E-state index contributed by atoms with van der Waals surface area (Å²) in [5, 5.41) is 13.1. The van der Waals surface area contributed by atoms with Crippen LogP contribution in [0.2, 0.25) is 0 Å². The third-order valence-corrected chi connectivity index (χ3v) is 4.99. The number of carbonyl (C=O) groups is 2. The summed E-state index contributed by atoms with van der Waals surface area (Å²) in [6.45, 7) is -0.585. The van der Waals surface area contributed by atoms with Gasteiger partial charge < -0.3 is 10.1 Å². The van der Waals surface area contributed by atoms with Crippen LogP contribution in [0.1, 0.15) is 16.8 Å². The van der Waals surface area contributed by atoms with Gasteiger partial charge >= 0.3 is 5.97 Å². The van der Waals surface area contributed by atoms with Gasteiger partial charge in [0.1, 0.15) is 0 Å². The number of sulfone groups is 1. The summed E-state index contributed by atoms with van der Waals surface area (Å²) >= 11 is 0. The molecule has 124 valence electrons. The maximum Gasteiger partial charge on any atom is 0.338 e. The predicted octanol–water partition coefficient (Wildman–Crippen LogP) is 0.0549. The van der Waals surface area contributed by atoms with Crippen LogP contribution in [0.4, 0.5) is 5.69 Å². The first-order valence-corrected chi connectivity index (χ1v) is 8.50. The topological polar surface area (TPSA) is 133 Å². The van der Waals surface area contributed by atoms with Gasteiger partial charge in [0.2, 0.25) is 0 Å². The van der Waals surface area contributed by atoms with Gasteiger partial charge in [-0.1, -0.05) is 6.07 Å². The molecule has 1 amide bonds. The predicted molar refractivity (Wildman–Crippen MR) is 78.6 cm³/mol. The standard InChI is InChI=1S/C13H14N2O7S/c16-12(14-10-4-5-23(20,21)8-10)7-22-13(17)9-2-1-3-11(6-9)15(18)19/h1-3,6,10H,4-5,7-8H2,(H,14,16)/t10-/m0/s1. The first-order chi connectivity index (χ1) is 10.8. The average Bonchev–Trinajstić information content (AvgIpc) is 2.83. The number of amides is 1. The number of nitro benzene ring substituents is 1. The van der Waals surface area contributed by atoms with E-state index < -0.39 is 39.3 Å². The Bertz CT molecular complexity index is 744. The third kappa shape index (κ3) is 4.74. The second kappa shape index (κ2) is 6.73. The minimum absolute atomic E-state index is 0.0193. The zero-order valence-electron chi connectivity index (χ0n) is 11.9. The monoisotopic (exact) mass is 342 g/mol. The zero-order chi connectivity index (χ0) is 17.0. The summed E-state index contributed by atoms with van der Waals surface area (Å²) < 4.78 is 27.3. The average molecular weight is 342 g/mol. The van der Waals surface area contributed by atoms with E-state index >= 15 is 0 Å². The van der Waals surface area contributed by atoms with Crippen molar-refractivity contribution in [3.8, 4) is 0 Å². The lowest BCUT2D eigenvalue weighted by molar-refractivity contribution is -0.384. The molecule has 2 rings (SSSR count). The molecule has 1 heterocycles. The zero-order valence-corrected chi connectivity index (χ0v) is 12.7. The summed E-state index contributed by atoms with van der Waals surface area (Å²) in [5.41, 5.74) is -0.310. The first kappa shape index (κ1) is 16.9. The summed E-state index contributed by atoms with van der Waals surface area (Å²) in [6.07, 6.45) is 0.326. The molecule has 1 aliphatic rings. The van der Waals surface area contributed by atoms with Gasteiger partial charge in [0, 0.05) is 18.2 Å². The van der Waals surface area contributed by atoms with Crippen LogP contribution in [0.25, 0.3) is 0 Å². The lowest BCUT2D eigenvalue weighted by atomic mass is 10.2. The van der Waals surface area contributed by atoms with Gasteiger partial charge in [0.05, 0.1) is 22.0 Å². The Labute approximate surface area is 131 Å². The van der Waals surface area contributed by atoms with Crippen molar-refractivity contribution in [1.82, 2.24) is 5.32 Å². The molecule has 0 bridgehead atoms. The van der Waals surface area contributed by atoms with Crippen molar-refractivity contribution in [2.24, 2.45) is 0 Å². The van der Waals surface area contributed by atoms with Crippen molar-refractivity contribution in [2.45, 2.75) is 12.5 Å². The molecule has 0 spiro atoms. The number of nitro groups is 1. The maximum atomic E-state index is 11.7. The number of carbonyl (C=O) groups excluding carboxylic acids is 2. The van der Waals surface area contributed by atoms with E-state index in [1.54, 1.807) is 0 Å². The number of ether oxygens (including phenoxy) is 1. The van der Waals surface area contributed by atoms with E-state index in [0.717, 1.165) is 6.07 Å². The second-order valence-corrected chi connectivity index (χ2v) is 7.28. The molecule has 0 aliphatic carbocycles. The van der Waals surface area contributed by atoms with E-state index in [2.05, 4.69) is 5.32 Å². The number of rotatable bonds is 5. The first-order valence-electron chi connectivity index (χ1n) is 6.68. The largest absolute Gasteiger partial charge is 0.452 e. The molecule has 0 unspecified atom stereocenters. The number of non-ortho nitro benzene ring substituents is 1. The van der Waals surface area contributed by atoms with Crippen LogP contribution in [0.15, 0.2) is 24.3 Å². The van der Waals surface area contributed by atoms with E-state index in [-0.39, 0.29) is 22.8 Å². The number of nitrogens with zero attached hydrogens (tertiary/aromatic N) is 1. The maximum absolute atomic E-state index is 11.7. The van der Waals surface area contributed by atoms with Crippen LogP contribution in [-0.2, 0) is 19.4 Å². The number of benzene rings is 1. The Morgan fingerprint density at radius 1 is 1.39 bits per heavy atom. The molecule has 1 aromatic carbocycles. The third-order valence-electron chi connectivity index (χ3n) is 3.22. The van der Waals surface area contributed by atoms with Crippen LogP contribution in [0.5, 0.6) is 0 Å². The second-order valence-electron chi connectivity index (χ2n) is 5.05. The molecular weight excluding hydrogens is 328 g/mol. The quantitative estimate of drug-likeness (QED) is 0.454. The number of nitrogens with one attached hydrogen (secondary N) is 1. The van der Waals surface area contributed by atoms with Crippen molar-refractivity contribution in [3.63, 3.8) is 0 Å². The van der Waals surface area contributed by atoms with Crippen LogP contribution in [0.3, 0.4) is 0 Å². The molecule has 1 N–H and O–H groups in total. The Hall–Kier alpha value is -2.49. The Kier molecular flexibility index (Phi) is 4.94. The molecular formula is C13H14N2O7S. The molecule has 23 heavy (non-hydrogen) atoms. The Morgan fingerprint density at radius 2 is 2.13 bits per heavy atom. The van der Waals surface area contributed by atoms with Crippen LogP contribution >= 0.6 is 0 Å². The fraction of sp³-hybridized carbons (Fsp3) is 0.385. The van der Waals surface area contributed by atoms with Crippen molar-refractivity contribution >= 4 is 27.4 Å². The molecule has 0 radical (unpaired) electrons. The molecule has 1 aromatic rings. The highest BCUT2D eigenvalue weighted by atomic mass is 32.2. The molecule has 1 aliphatic heterocycles. The molecule has 1 saturated heterocycles. The highest BCUT2D eigenvalue weighted by Crippen LogP contribution is 2.14. The Morgan fingerprint density at radius 3 is 2.74 bits per heavy atom. The smallest absolute Gasteiger partial charge is 0.338 e. The van der Waals surface area contributed by atoms with Gasteiger partial charge in [0.15, 0.2) is 16.4 Å². The highest BCUT2D eigenvalue weighted by Gasteiger charge is 2.29. The van der Waals surface area contributed by atoms with Crippen molar-refractivity contribution in [3.05, 3.63) is 39.9 Å². The van der Waals surface area contributed by atoms with E-state index in [4.69, 9.17) is 4.74 Å². The number of hydrogen-bond donors (Lipinski definition) is 1. The van der Waals surface area contributed by atoms with Crippen LogP contribution in [-0.4, -0.2) is 49.4 Å². The van der Waals surface area contributed by atoms with Crippen molar-refractivity contribution in [1.29, 1.82) is 0 Å². The highest BCUT2D eigenvalue weighted by molar-refractivity contribution is 7.91. The minimum atomic E-state index is -3.11. The molecule has 0 aromatic heterocycles. The molecule has 1 atom stereocenters. The summed E-state index contributed by atoms with van der Waals surface area (Å²) in [7, 11) is -3.11. The fourth-order valence-corrected chi connectivity index (χ4v) is 3.81. The van der Waals surface area contributed by atoms with E-state index in [1.165, 1.54) is 18.2 Å². The molecule has 10 heteroatoms. The van der Waals surface area contributed by atoms with Crippen molar-refractivity contribution in [2.75, 3.05) is 18.1 Å². The van der Waals surface area contributed by atoms with Gasteiger partial charge in [-0.05, 0) is 12.5 Å². The van der Waals surface area contributed by atoms with E-state index in [0.29, 0.717) is 6.42 Å². The fourth-order valence-electron chi connectivity index (χ4n) is 2.14. The SMILES string of the molecule is O=C(COC(=O)c1cccc([N+](=O)[O-])c1)N[C@H]1CCS(=O)(=O)C1. The van der Waals surface area contributed by atoms with Crippen LogP contribution in [0, 0.1) is 10.1 Å². The molecule has 9 nitrogen and oxygen atoms in total. The van der Waals surface area contributed by atoms with Crippen LogP contribution < -0.4 is 5.32 Å². The van der Waals surface area contributed by atoms with Gasteiger partial charge in [-0.25, -0.2) is 13.2 Å². The van der Waals surface area contributed by atoms with Gasteiger partial charge in [-0.2, -0.15) is 0 Å². The molecule has 0 saturated carbocycles. The molecule has 1 fully saturated rings. The number of hydrogen-bond acceptors (Lipinski definition) is 7. The van der Waals surface area contributed by atoms with Crippen molar-refractivity contribution < 1.29 is 27.7 Å². The number of esters is 1. The summed E-state index contributed by atoms with van der Waals surface area (Å²) in [6, 6.07) is 4.45. The van der Waals surface area contributed by atoms with Gasteiger partial charge in [-0.15, -0.1) is 0 Å². The normalized spacial score (nSPS) is 19.0. The minimum Gasteiger partial charge on any atom is -0.452 e. The van der Waals surface area contributed by atoms with Gasteiger partial charge in [0.25, 0.3) is 11.6 Å².